The molecule has 0 spiro atoms. The fourth-order valence-electron chi connectivity index (χ4n) is 2.15. The molecule has 4 nitrogen and oxygen atoms in total. The van der Waals surface area contributed by atoms with Gasteiger partial charge in [0.2, 0.25) is 5.91 Å². The lowest BCUT2D eigenvalue weighted by Gasteiger charge is -2.26. The van der Waals surface area contributed by atoms with Gasteiger partial charge in [0.05, 0.1) is 5.54 Å². The third-order valence-electron chi connectivity index (χ3n) is 3.94. The van der Waals surface area contributed by atoms with Gasteiger partial charge in [-0.05, 0) is 52.4 Å². The van der Waals surface area contributed by atoms with Crippen molar-refractivity contribution in [2.45, 2.75) is 31.7 Å². The molecule has 0 heterocycles. The second-order valence-electron chi connectivity index (χ2n) is 5.59. The second-order valence-corrected chi connectivity index (χ2v) is 5.59. The van der Waals surface area contributed by atoms with Crippen LogP contribution in [0.15, 0.2) is 30.3 Å². The van der Waals surface area contributed by atoms with Gasteiger partial charge < -0.3 is 16.0 Å². The number of nitrogens with one attached hydrogen (secondary N) is 1. The van der Waals surface area contributed by atoms with E-state index >= 15 is 0 Å². The van der Waals surface area contributed by atoms with E-state index in [0.717, 1.165) is 32.4 Å². The Morgan fingerprint density at radius 2 is 1.95 bits per heavy atom. The Kier molecular flexibility index (Phi) is 6.68. The van der Waals surface area contributed by atoms with Crippen molar-refractivity contribution in [2.24, 2.45) is 5.73 Å². The molecule has 0 bridgehead atoms. The van der Waals surface area contributed by atoms with Gasteiger partial charge in [-0.2, -0.15) is 0 Å². The zero-order chi connectivity index (χ0) is 15.0. The average molecular weight is 277 g/mol. The van der Waals surface area contributed by atoms with Gasteiger partial charge in [0.15, 0.2) is 0 Å². The van der Waals surface area contributed by atoms with Crippen molar-refractivity contribution < 1.29 is 4.79 Å². The molecule has 20 heavy (non-hydrogen) atoms. The summed E-state index contributed by atoms with van der Waals surface area (Å²) in [5, 5.41) is 3.02. The predicted octanol–water partition coefficient (Wildman–Crippen LogP) is 1.40. The molecule has 3 N–H and O–H groups in total. The van der Waals surface area contributed by atoms with E-state index < -0.39 is 5.54 Å². The van der Waals surface area contributed by atoms with E-state index in [1.54, 1.807) is 7.05 Å². The molecule has 0 aliphatic heterocycles. The van der Waals surface area contributed by atoms with E-state index in [2.05, 4.69) is 41.5 Å². The van der Waals surface area contributed by atoms with E-state index in [-0.39, 0.29) is 5.91 Å². The van der Waals surface area contributed by atoms with E-state index in [9.17, 15) is 4.79 Å². The van der Waals surface area contributed by atoms with E-state index in [4.69, 9.17) is 5.73 Å². The zero-order valence-electron chi connectivity index (χ0n) is 12.9. The van der Waals surface area contributed by atoms with Crippen LogP contribution in [0.1, 0.15) is 25.3 Å². The van der Waals surface area contributed by atoms with Gasteiger partial charge in [-0.25, -0.2) is 0 Å². The van der Waals surface area contributed by atoms with Crippen LogP contribution in [0.25, 0.3) is 0 Å². The minimum atomic E-state index is -0.597. The monoisotopic (exact) mass is 277 g/mol. The number of carbonyl (C=O) groups is 1. The maximum absolute atomic E-state index is 11.4. The van der Waals surface area contributed by atoms with E-state index in [1.165, 1.54) is 5.56 Å². The standard InChI is InChI=1S/C16H27N3O/c1-16(18-2,15(17)20)11-7-12-19(3)13-10-14-8-5-4-6-9-14/h4-6,8-9,18H,7,10-13H2,1-3H3,(H2,17,20). The molecule has 4 heteroatoms. The van der Waals surface area contributed by atoms with Gasteiger partial charge >= 0.3 is 0 Å². The Bertz CT molecular complexity index is 407. The summed E-state index contributed by atoms with van der Waals surface area (Å²) >= 11 is 0. The van der Waals surface area contributed by atoms with Gasteiger partial charge in [0, 0.05) is 6.54 Å². The molecule has 1 unspecified atom stereocenters. The number of rotatable bonds is 9. The molecule has 1 amide bonds. The Labute approximate surface area is 122 Å². The maximum Gasteiger partial charge on any atom is 0.237 e. The maximum atomic E-state index is 11.4. The van der Waals surface area contributed by atoms with Crippen LogP contribution in [0.5, 0.6) is 0 Å². The minimum absolute atomic E-state index is 0.285. The van der Waals surface area contributed by atoms with Crippen molar-refractivity contribution in [2.75, 3.05) is 27.2 Å². The first-order valence-corrected chi connectivity index (χ1v) is 7.19. The number of nitrogens with zero attached hydrogens (tertiary/aromatic N) is 1. The number of primary amides is 1. The number of amides is 1. The molecule has 0 aliphatic rings. The van der Waals surface area contributed by atoms with Crippen molar-refractivity contribution in [1.29, 1.82) is 0 Å². The number of benzene rings is 1. The van der Waals surface area contributed by atoms with Crippen LogP contribution in [-0.2, 0) is 11.2 Å². The van der Waals surface area contributed by atoms with Gasteiger partial charge in [0.25, 0.3) is 0 Å². The SMILES string of the molecule is CNC(C)(CCCN(C)CCc1ccccc1)C(N)=O. The molecule has 0 saturated carbocycles. The van der Waals surface area contributed by atoms with Crippen molar-refractivity contribution >= 4 is 5.91 Å². The molecule has 0 saturated heterocycles. The highest BCUT2D eigenvalue weighted by Crippen LogP contribution is 2.11. The first-order chi connectivity index (χ1) is 9.48. The topological polar surface area (TPSA) is 58.4 Å². The first-order valence-electron chi connectivity index (χ1n) is 7.19. The Balaban J connectivity index is 2.26. The number of nitrogens with two attached hydrogens (primary N) is 1. The van der Waals surface area contributed by atoms with E-state index in [0.29, 0.717) is 0 Å². The molecule has 112 valence electrons. The molecule has 0 fully saturated rings. The summed E-state index contributed by atoms with van der Waals surface area (Å²) < 4.78 is 0. The molecule has 0 aliphatic carbocycles. The van der Waals surface area contributed by atoms with Crippen molar-refractivity contribution in [3.63, 3.8) is 0 Å². The minimum Gasteiger partial charge on any atom is -0.368 e. The van der Waals surface area contributed by atoms with Gasteiger partial charge in [-0.1, -0.05) is 30.3 Å². The summed E-state index contributed by atoms with van der Waals surface area (Å²) in [7, 11) is 3.90. The molecular weight excluding hydrogens is 250 g/mol. The van der Waals surface area contributed by atoms with Crippen LogP contribution < -0.4 is 11.1 Å². The van der Waals surface area contributed by atoms with Crippen molar-refractivity contribution in [3.05, 3.63) is 35.9 Å². The molecular formula is C16H27N3O. The first kappa shape index (κ1) is 16.7. The summed E-state index contributed by atoms with van der Waals surface area (Å²) in [6.07, 6.45) is 2.76. The Hall–Kier alpha value is -1.39. The summed E-state index contributed by atoms with van der Waals surface area (Å²) in [6.45, 7) is 3.85. The molecule has 0 radical (unpaired) electrons. The van der Waals surface area contributed by atoms with Crippen LogP contribution >= 0.6 is 0 Å². The lowest BCUT2D eigenvalue weighted by Crippen LogP contribution is -2.51. The van der Waals surface area contributed by atoms with Crippen LogP contribution in [-0.4, -0.2) is 43.5 Å². The number of likely N-dealkylation sites (N-methyl/N-ethyl adjacent to an activating group) is 2. The van der Waals surface area contributed by atoms with E-state index in [1.807, 2.05) is 13.0 Å². The summed E-state index contributed by atoms with van der Waals surface area (Å²) in [4.78, 5) is 13.7. The summed E-state index contributed by atoms with van der Waals surface area (Å²) in [6, 6.07) is 10.5. The van der Waals surface area contributed by atoms with Crippen LogP contribution in [0.2, 0.25) is 0 Å². The molecule has 1 rings (SSSR count). The normalized spacial score (nSPS) is 14.2. The number of hydrogen-bond acceptors (Lipinski definition) is 3. The highest BCUT2D eigenvalue weighted by atomic mass is 16.1. The lowest BCUT2D eigenvalue weighted by molar-refractivity contribution is -0.123. The summed E-state index contributed by atoms with van der Waals surface area (Å²) in [5.74, 6) is -0.285. The Morgan fingerprint density at radius 1 is 1.30 bits per heavy atom. The smallest absolute Gasteiger partial charge is 0.237 e. The number of carbonyl (C=O) groups excluding carboxylic acids is 1. The number of hydrogen-bond donors (Lipinski definition) is 2. The molecule has 0 aromatic heterocycles. The highest BCUT2D eigenvalue weighted by molar-refractivity contribution is 5.84. The Morgan fingerprint density at radius 3 is 2.50 bits per heavy atom. The van der Waals surface area contributed by atoms with Crippen molar-refractivity contribution in [1.82, 2.24) is 10.2 Å². The fraction of sp³-hybridized carbons (Fsp3) is 0.562. The van der Waals surface area contributed by atoms with Crippen molar-refractivity contribution in [3.8, 4) is 0 Å². The highest BCUT2D eigenvalue weighted by Gasteiger charge is 2.28. The third-order valence-corrected chi connectivity index (χ3v) is 3.94. The van der Waals surface area contributed by atoms with Crippen LogP contribution in [0.4, 0.5) is 0 Å². The predicted molar refractivity (Wildman–Crippen MR) is 83.5 cm³/mol. The third kappa shape index (κ3) is 5.31. The quantitative estimate of drug-likeness (QED) is 0.717. The fourth-order valence-corrected chi connectivity index (χ4v) is 2.15. The van der Waals surface area contributed by atoms with Crippen LogP contribution in [0.3, 0.4) is 0 Å². The van der Waals surface area contributed by atoms with Gasteiger partial charge in [0.1, 0.15) is 0 Å². The molecule has 1 atom stereocenters. The average Bonchev–Trinajstić information content (AvgIpc) is 2.45. The summed E-state index contributed by atoms with van der Waals surface area (Å²) in [5.41, 5.74) is 6.18. The lowest BCUT2D eigenvalue weighted by atomic mass is 9.95. The van der Waals surface area contributed by atoms with Crippen LogP contribution in [0, 0.1) is 0 Å². The zero-order valence-corrected chi connectivity index (χ0v) is 12.9. The molecule has 1 aromatic rings. The largest absolute Gasteiger partial charge is 0.368 e. The van der Waals surface area contributed by atoms with Gasteiger partial charge in [-0.3, -0.25) is 4.79 Å². The van der Waals surface area contributed by atoms with Gasteiger partial charge in [-0.15, -0.1) is 0 Å². The molecule has 1 aromatic carbocycles. The second kappa shape index (κ2) is 8.02.